The minimum absolute atomic E-state index is 0.0783. The van der Waals surface area contributed by atoms with E-state index in [2.05, 4.69) is 15.3 Å². The number of hydrogen-bond acceptors (Lipinski definition) is 4. The van der Waals surface area contributed by atoms with Crippen molar-refractivity contribution >= 4 is 22.8 Å². The summed E-state index contributed by atoms with van der Waals surface area (Å²) in [6, 6.07) is 10.8. The van der Waals surface area contributed by atoms with Crippen LogP contribution >= 0.6 is 0 Å². The number of aromatic nitrogens is 4. The smallest absolute Gasteiger partial charge is 0.370 e. The highest BCUT2D eigenvalue weighted by Gasteiger charge is 2.30. The van der Waals surface area contributed by atoms with Gasteiger partial charge in [-0.05, 0) is 42.2 Å². The monoisotopic (exact) mass is 568 g/mol. The van der Waals surface area contributed by atoms with Gasteiger partial charge in [-0.1, -0.05) is 44.0 Å². The number of carbonyl (C=O) groups excluding carboxylic acids is 2. The molecule has 2 aromatic carbocycles. The largest absolute Gasteiger partial charge is 0.416 e. The number of benzene rings is 2. The minimum Gasteiger partial charge on any atom is -0.370 e. The van der Waals surface area contributed by atoms with E-state index < -0.39 is 17.6 Å². The second-order valence-electron chi connectivity index (χ2n) is 10.0. The number of amides is 2. The number of nitrogens with one attached hydrogen (secondary N) is 2. The van der Waals surface area contributed by atoms with Crippen LogP contribution in [0.3, 0.4) is 0 Å². The number of fused-ring (bicyclic) bond motifs is 1. The number of halogens is 3. The lowest BCUT2D eigenvalue weighted by molar-refractivity contribution is -0.137. The van der Waals surface area contributed by atoms with Gasteiger partial charge in [-0.15, -0.1) is 0 Å². The zero-order valence-corrected chi connectivity index (χ0v) is 23.2. The summed E-state index contributed by atoms with van der Waals surface area (Å²) in [6.45, 7) is 2.41. The van der Waals surface area contributed by atoms with Gasteiger partial charge >= 0.3 is 6.18 Å². The van der Waals surface area contributed by atoms with Crippen molar-refractivity contribution in [3.63, 3.8) is 0 Å². The summed E-state index contributed by atoms with van der Waals surface area (Å²) < 4.78 is 40.5. The first kappa shape index (κ1) is 29.8. The van der Waals surface area contributed by atoms with Gasteiger partial charge in [0, 0.05) is 32.9 Å². The molecule has 0 aliphatic rings. The molecule has 0 bridgehead atoms. The van der Waals surface area contributed by atoms with Gasteiger partial charge in [-0.2, -0.15) is 13.2 Å². The molecule has 1 atom stereocenters. The summed E-state index contributed by atoms with van der Waals surface area (Å²) in [7, 11) is 1.63. The number of hydrogen-bond donors (Lipinski definition) is 3. The van der Waals surface area contributed by atoms with Crippen molar-refractivity contribution < 1.29 is 22.8 Å². The molecule has 218 valence electrons. The van der Waals surface area contributed by atoms with E-state index in [4.69, 9.17) is 10.7 Å². The van der Waals surface area contributed by atoms with Crippen LogP contribution in [0, 0.1) is 0 Å². The van der Waals surface area contributed by atoms with Gasteiger partial charge in [-0.25, -0.2) is 9.97 Å². The van der Waals surface area contributed by atoms with Crippen LogP contribution in [0.5, 0.6) is 0 Å². The molecule has 2 aromatic heterocycles. The van der Waals surface area contributed by atoms with Crippen LogP contribution in [0.25, 0.3) is 22.3 Å². The quantitative estimate of drug-likeness (QED) is 0.184. The van der Waals surface area contributed by atoms with Crippen molar-refractivity contribution in [2.45, 2.75) is 70.5 Å². The molecule has 2 heterocycles. The topological polar surface area (TPSA) is 119 Å². The molecule has 0 unspecified atom stereocenters. The predicted octanol–water partition coefficient (Wildman–Crippen LogP) is 5.52. The molecule has 0 fully saturated rings. The number of aryl methyl sites for hydroxylation is 3. The van der Waals surface area contributed by atoms with Gasteiger partial charge in [0.1, 0.15) is 11.6 Å². The normalized spacial score (nSPS) is 12.5. The summed E-state index contributed by atoms with van der Waals surface area (Å²) >= 11 is 0. The number of unbranched alkanes of at least 4 members (excludes halogenated alkanes) is 2. The van der Waals surface area contributed by atoms with E-state index in [9.17, 15) is 22.8 Å². The number of aromatic amines is 1. The molecule has 41 heavy (non-hydrogen) atoms. The number of H-pyrrole nitrogens is 1. The summed E-state index contributed by atoms with van der Waals surface area (Å²) in [5.41, 5.74) is 8.58. The summed E-state index contributed by atoms with van der Waals surface area (Å²) in [4.78, 5) is 36.8. The van der Waals surface area contributed by atoms with Gasteiger partial charge in [0.15, 0.2) is 0 Å². The highest BCUT2D eigenvalue weighted by molar-refractivity contribution is 5.90. The number of imidazole rings is 2. The highest BCUT2D eigenvalue weighted by Crippen LogP contribution is 2.32. The van der Waals surface area contributed by atoms with Crippen LogP contribution in [0.4, 0.5) is 13.2 Å². The van der Waals surface area contributed by atoms with Gasteiger partial charge in [0.25, 0.3) is 0 Å². The average molecular weight is 569 g/mol. The Hall–Kier alpha value is -4.15. The van der Waals surface area contributed by atoms with Crippen LogP contribution in [0.1, 0.15) is 67.7 Å². The van der Waals surface area contributed by atoms with E-state index >= 15 is 0 Å². The van der Waals surface area contributed by atoms with Crippen LogP contribution in [-0.2, 0) is 35.2 Å². The molecular weight excluding hydrogens is 533 g/mol. The first-order chi connectivity index (χ1) is 19.6. The van der Waals surface area contributed by atoms with Crippen molar-refractivity contribution in [3.8, 4) is 11.3 Å². The predicted molar refractivity (Wildman–Crippen MR) is 151 cm³/mol. The summed E-state index contributed by atoms with van der Waals surface area (Å²) in [5.74, 6) is 0.756. The number of nitrogens with zero attached hydrogens (tertiary/aromatic N) is 3. The molecule has 8 nitrogen and oxygen atoms in total. The second-order valence-corrected chi connectivity index (χ2v) is 10.0. The Morgan fingerprint density at radius 1 is 1.10 bits per heavy atom. The van der Waals surface area contributed by atoms with Crippen molar-refractivity contribution in [1.29, 1.82) is 0 Å². The Balaban J connectivity index is 1.40. The van der Waals surface area contributed by atoms with E-state index in [1.807, 2.05) is 29.7 Å². The summed E-state index contributed by atoms with van der Waals surface area (Å²) in [5, 5.41) is 2.80. The molecule has 4 N–H and O–H groups in total. The first-order valence-electron chi connectivity index (χ1n) is 13.8. The van der Waals surface area contributed by atoms with E-state index in [1.54, 1.807) is 13.2 Å². The van der Waals surface area contributed by atoms with Crippen LogP contribution in [-0.4, -0.2) is 38.4 Å². The van der Waals surface area contributed by atoms with Gasteiger partial charge in [0.05, 0.1) is 34.4 Å². The van der Waals surface area contributed by atoms with Crippen molar-refractivity contribution in [1.82, 2.24) is 24.8 Å². The number of carbonyl (C=O) groups is 2. The van der Waals surface area contributed by atoms with E-state index in [-0.39, 0.29) is 18.2 Å². The van der Waals surface area contributed by atoms with Crippen molar-refractivity contribution in [2.75, 3.05) is 7.05 Å². The zero-order chi connectivity index (χ0) is 29.6. The Morgan fingerprint density at radius 2 is 1.85 bits per heavy atom. The highest BCUT2D eigenvalue weighted by atomic mass is 19.4. The molecule has 0 spiro atoms. The minimum atomic E-state index is -4.37. The fourth-order valence-electron chi connectivity index (χ4n) is 5.17. The lowest BCUT2D eigenvalue weighted by Gasteiger charge is -2.19. The van der Waals surface area contributed by atoms with Crippen LogP contribution in [0.2, 0.25) is 0 Å². The number of likely N-dealkylation sites (N-methyl/N-ethyl adjacent to an activating group) is 1. The lowest BCUT2D eigenvalue weighted by Crippen LogP contribution is -2.26. The van der Waals surface area contributed by atoms with Gasteiger partial charge in [0.2, 0.25) is 11.8 Å². The van der Waals surface area contributed by atoms with E-state index in [0.717, 1.165) is 59.6 Å². The third-order valence-electron chi connectivity index (χ3n) is 7.27. The summed E-state index contributed by atoms with van der Waals surface area (Å²) in [6.07, 6.45) is 1.95. The van der Waals surface area contributed by atoms with Crippen LogP contribution < -0.4 is 11.1 Å². The number of rotatable bonds is 13. The third kappa shape index (κ3) is 7.14. The Morgan fingerprint density at radius 3 is 2.51 bits per heavy atom. The fourth-order valence-corrected chi connectivity index (χ4v) is 5.17. The molecule has 0 radical (unpaired) electrons. The molecule has 0 aliphatic carbocycles. The number of alkyl halides is 3. The first-order valence-corrected chi connectivity index (χ1v) is 13.8. The zero-order valence-electron chi connectivity index (χ0n) is 23.2. The number of primary amides is 1. The molecule has 11 heteroatoms. The SMILES string of the molecule is CCc1nc2cccc([C@H](CCCCCc3ncc(-c4ccc(C(F)(F)F)cc4)[nH]3)C(=O)NC)c2n1CCC(N)=O. The third-order valence-corrected chi connectivity index (χ3v) is 7.27. The maximum Gasteiger partial charge on any atom is 0.416 e. The molecule has 0 saturated carbocycles. The average Bonchev–Trinajstić information content (AvgIpc) is 3.57. The molecule has 4 rings (SSSR count). The van der Waals surface area contributed by atoms with Gasteiger partial charge in [-0.3, -0.25) is 9.59 Å². The molecule has 4 aromatic rings. The standard InChI is InChI=1S/C30H35F3N6O2/c1-3-27-38-23-10-7-9-21(28(23)39(27)17-16-25(34)40)22(29(41)35-2)8-5-4-6-11-26-36-18-24(37-26)19-12-14-20(15-13-19)30(31,32)33/h7,9-10,12-15,18,22H,3-6,8,11,16-17H2,1-2H3,(H2,34,40)(H,35,41)(H,36,37)/t22-/m0/s1. The van der Waals surface area contributed by atoms with E-state index in [1.165, 1.54) is 12.1 Å². The van der Waals surface area contributed by atoms with Gasteiger partial charge < -0.3 is 20.6 Å². The Bertz CT molecular complexity index is 1490. The molecular formula is C30H35F3N6O2. The maximum atomic E-state index is 13.0. The van der Waals surface area contributed by atoms with Crippen LogP contribution in [0.15, 0.2) is 48.7 Å². The Kier molecular flexibility index (Phi) is 9.46. The lowest BCUT2D eigenvalue weighted by atomic mass is 9.91. The maximum absolute atomic E-state index is 13.0. The van der Waals surface area contributed by atoms with Crippen molar-refractivity contribution in [3.05, 3.63) is 71.4 Å². The fraction of sp³-hybridized carbons (Fsp3) is 0.400. The number of nitrogens with two attached hydrogens (primary N) is 1. The second kappa shape index (κ2) is 13.0. The Labute approximate surface area is 236 Å². The molecule has 0 saturated heterocycles. The van der Waals surface area contributed by atoms with Crippen molar-refractivity contribution in [2.24, 2.45) is 5.73 Å². The molecule has 2 amide bonds. The number of para-hydroxylation sites is 1. The molecule has 0 aliphatic heterocycles. The van der Waals surface area contributed by atoms with E-state index in [0.29, 0.717) is 37.1 Å².